The van der Waals surface area contributed by atoms with Crippen LogP contribution in [0, 0.1) is 0 Å². The fourth-order valence-electron chi connectivity index (χ4n) is 2.16. The minimum Gasteiger partial charge on any atom is -0.273 e. The topological polar surface area (TPSA) is 61.8 Å². The van der Waals surface area contributed by atoms with Crippen molar-refractivity contribution < 1.29 is 9.59 Å². The zero-order chi connectivity index (χ0) is 15.7. The fraction of sp³-hybridized carbons (Fsp3) is 0.0625. The molecular formula is C16H12ClN3O2. The third-order valence-electron chi connectivity index (χ3n) is 3.22. The van der Waals surface area contributed by atoms with Crippen LogP contribution in [0.4, 0.5) is 5.69 Å². The van der Waals surface area contributed by atoms with Crippen molar-refractivity contribution in [3.05, 3.63) is 64.7 Å². The number of aliphatic imine (C=N–C) groups is 1. The second-order valence-electron chi connectivity index (χ2n) is 4.75. The zero-order valence-electron chi connectivity index (χ0n) is 11.7. The number of para-hydroxylation sites is 1. The van der Waals surface area contributed by atoms with Gasteiger partial charge < -0.3 is 0 Å². The number of amides is 2. The van der Waals surface area contributed by atoms with E-state index >= 15 is 0 Å². The molecule has 0 atom stereocenters. The second kappa shape index (κ2) is 5.61. The first-order valence-corrected chi connectivity index (χ1v) is 6.99. The van der Waals surface area contributed by atoms with E-state index in [4.69, 9.17) is 11.6 Å². The number of fused-ring (bicyclic) bond motifs is 1. The minimum atomic E-state index is -0.376. The first-order valence-electron chi connectivity index (χ1n) is 6.61. The highest BCUT2D eigenvalue weighted by Crippen LogP contribution is 2.24. The van der Waals surface area contributed by atoms with Gasteiger partial charge in [0.1, 0.15) is 0 Å². The largest absolute Gasteiger partial charge is 0.273 e. The van der Waals surface area contributed by atoms with E-state index in [1.54, 1.807) is 48.5 Å². The Morgan fingerprint density at radius 3 is 2.50 bits per heavy atom. The number of halogens is 1. The van der Waals surface area contributed by atoms with Gasteiger partial charge in [-0.2, -0.15) is 0 Å². The SMILES string of the molecule is CC(=O)N1NC(=O)c2ccccc2N=C1c1ccc(Cl)cc1. The Kier molecular flexibility index (Phi) is 3.65. The van der Waals surface area contributed by atoms with E-state index in [-0.39, 0.29) is 11.8 Å². The molecule has 0 bridgehead atoms. The van der Waals surface area contributed by atoms with E-state index in [1.807, 2.05) is 0 Å². The molecule has 0 unspecified atom stereocenters. The molecule has 1 heterocycles. The molecule has 0 aliphatic carbocycles. The molecule has 6 heteroatoms. The summed E-state index contributed by atoms with van der Waals surface area (Å²) in [5.74, 6) is -0.365. The smallest absolute Gasteiger partial charge is 0.272 e. The van der Waals surface area contributed by atoms with Crippen LogP contribution in [0.3, 0.4) is 0 Å². The molecule has 2 aromatic rings. The Balaban J connectivity index is 2.18. The van der Waals surface area contributed by atoms with Gasteiger partial charge in [0.25, 0.3) is 5.91 Å². The summed E-state index contributed by atoms with van der Waals surface area (Å²) in [6, 6.07) is 13.8. The van der Waals surface area contributed by atoms with Crippen molar-refractivity contribution in [1.29, 1.82) is 0 Å². The van der Waals surface area contributed by atoms with Crippen LogP contribution in [0.5, 0.6) is 0 Å². The average molecular weight is 314 g/mol. The van der Waals surface area contributed by atoms with E-state index in [0.29, 0.717) is 27.7 Å². The zero-order valence-corrected chi connectivity index (χ0v) is 12.5. The molecule has 1 N–H and O–H groups in total. The number of nitrogens with zero attached hydrogens (tertiary/aromatic N) is 2. The third-order valence-corrected chi connectivity index (χ3v) is 3.47. The lowest BCUT2D eigenvalue weighted by molar-refractivity contribution is -0.126. The number of amidine groups is 1. The van der Waals surface area contributed by atoms with E-state index in [0.717, 1.165) is 5.01 Å². The molecule has 0 saturated carbocycles. The van der Waals surface area contributed by atoms with Crippen LogP contribution in [0.1, 0.15) is 22.8 Å². The Bertz CT molecular complexity index is 784. The van der Waals surface area contributed by atoms with Gasteiger partial charge in [0.2, 0.25) is 5.91 Å². The quantitative estimate of drug-likeness (QED) is 0.880. The van der Waals surface area contributed by atoms with Crippen LogP contribution in [-0.2, 0) is 4.79 Å². The van der Waals surface area contributed by atoms with Crippen molar-refractivity contribution in [3.8, 4) is 0 Å². The van der Waals surface area contributed by atoms with E-state index in [9.17, 15) is 9.59 Å². The van der Waals surface area contributed by atoms with Crippen LogP contribution < -0.4 is 5.43 Å². The Morgan fingerprint density at radius 1 is 1.14 bits per heavy atom. The molecule has 0 radical (unpaired) electrons. The van der Waals surface area contributed by atoms with Crippen LogP contribution in [-0.4, -0.2) is 22.7 Å². The molecule has 0 fully saturated rings. The first-order chi connectivity index (χ1) is 10.6. The molecule has 0 aromatic heterocycles. The summed E-state index contributed by atoms with van der Waals surface area (Å²) in [5, 5.41) is 1.72. The highest BCUT2D eigenvalue weighted by molar-refractivity contribution is 6.30. The number of carbonyl (C=O) groups is 2. The lowest BCUT2D eigenvalue weighted by Gasteiger charge is -2.21. The van der Waals surface area contributed by atoms with E-state index < -0.39 is 0 Å². The molecule has 3 rings (SSSR count). The highest BCUT2D eigenvalue weighted by atomic mass is 35.5. The summed E-state index contributed by atoms with van der Waals surface area (Å²) in [6.45, 7) is 1.36. The molecule has 0 saturated heterocycles. The molecular weight excluding hydrogens is 302 g/mol. The first kappa shape index (κ1) is 14.3. The van der Waals surface area contributed by atoms with Crippen molar-refractivity contribution in [1.82, 2.24) is 10.4 Å². The summed E-state index contributed by atoms with van der Waals surface area (Å²) < 4.78 is 0. The summed E-state index contributed by atoms with van der Waals surface area (Å²) >= 11 is 5.90. The molecule has 1 aliphatic rings. The number of hydrazine groups is 1. The number of hydrogen-bond donors (Lipinski definition) is 1. The van der Waals surface area contributed by atoms with Crippen LogP contribution in [0.25, 0.3) is 0 Å². The average Bonchev–Trinajstić information content (AvgIpc) is 2.66. The third kappa shape index (κ3) is 2.58. The van der Waals surface area contributed by atoms with Gasteiger partial charge in [0, 0.05) is 17.5 Å². The normalized spacial score (nSPS) is 13.8. The van der Waals surface area contributed by atoms with Crippen molar-refractivity contribution >= 4 is 34.9 Å². The van der Waals surface area contributed by atoms with Gasteiger partial charge >= 0.3 is 0 Å². The van der Waals surface area contributed by atoms with Gasteiger partial charge in [-0.1, -0.05) is 23.7 Å². The van der Waals surface area contributed by atoms with E-state index in [2.05, 4.69) is 10.4 Å². The lowest BCUT2D eigenvalue weighted by atomic mass is 10.1. The number of rotatable bonds is 1. The van der Waals surface area contributed by atoms with Gasteiger partial charge in [0.15, 0.2) is 5.84 Å². The standard InChI is InChI=1S/C16H12ClN3O2/c1-10(21)20-15(11-6-8-12(17)9-7-11)18-14-5-3-2-4-13(14)16(22)19-20/h2-9H,1H3,(H,19,22). The Hall–Kier alpha value is -2.66. The summed E-state index contributed by atoms with van der Waals surface area (Å²) in [6.07, 6.45) is 0. The maximum atomic E-state index is 12.3. The number of carbonyl (C=O) groups excluding carboxylic acids is 2. The van der Waals surface area contributed by atoms with E-state index in [1.165, 1.54) is 6.92 Å². The predicted molar refractivity (Wildman–Crippen MR) is 84.1 cm³/mol. The summed E-state index contributed by atoms with van der Waals surface area (Å²) in [5.41, 5.74) is 4.18. The van der Waals surface area contributed by atoms with Crippen molar-refractivity contribution in [2.75, 3.05) is 0 Å². The van der Waals surface area contributed by atoms with Gasteiger partial charge in [-0.15, -0.1) is 0 Å². The lowest BCUT2D eigenvalue weighted by Crippen LogP contribution is -2.48. The highest BCUT2D eigenvalue weighted by Gasteiger charge is 2.26. The molecule has 5 nitrogen and oxygen atoms in total. The van der Waals surface area contributed by atoms with Crippen molar-refractivity contribution in [2.24, 2.45) is 4.99 Å². The van der Waals surface area contributed by atoms with Crippen molar-refractivity contribution in [2.45, 2.75) is 6.92 Å². The molecule has 2 aromatic carbocycles. The maximum absolute atomic E-state index is 12.3. The van der Waals surface area contributed by atoms with Gasteiger partial charge in [-0.3, -0.25) is 15.0 Å². The molecule has 110 valence electrons. The fourth-order valence-corrected chi connectivity index (χ4v) is 2.29. The number of nitrogens with one attached hydrogen (secondary N) is 1. The van der Waals surface area contributed by atoms with Crippen LogP contribution in [0.2, 0.25) is 5.02 Å². The van der Waals surface area contributed by atoms with Gasteiger partial charge in [-0.05, 0) is 36.4 Å². The molecule has 0 spiro atoms. The summed E-state index contributed by atoms with van der Waals surface area (Å²) in [7, 11) is 0. The molecule has 1 aliphatic heterocycles. The molecule has 22 heavy (non-hydrogen) atoms. The Morgan fingerprint density at radius 2 is 1.82 bits per heavy atom. The number of benzene rings is 2. The maximum Gasteiger partial charge on any atom is 0.272 e. The monoisotopic (exact) mass is 313 g/mol. The van der Waals surface area contributed by atoms with Crippen LogP contribution >= 0.6 is 11.6 Å². The molecule has 2 amide bonds. The number of hydrogen-bond acceptors (Lipinski definition) is 3. The Labute approximate surface area is 132 Å². The van der Waals surface area contributed by atoms with Gasteiger partial charge in [-0.25, -0.2) is 10.0 Å². The predicted octanol–water partition coefficient (Wildman–Crippen LogP) is 2.93. The minimum absolute atomic E-state index is 0.338. The van der Waals surface area contributed by atoms with Crippen molar-refractivity contribution in [3.63, 3.8) is 0 Å². The summed E-state index contributed by atoms with van der Waals surface area (Å²) in [4.78, 5) is 28.6. The van der Waals surface area contributed by atoms with Gasteiger partial charge in [0.05, 0.1) is 11.3 Å². The van der Waals surface area contributed by atoms with Crippen LogP contribution in [0.15, 0.2) is 53.5 Å². The second-order valence-corrected chi connectivity index (χ2v) is 5.19.